The molecule has 7 heteroatoms. The van der Waals surface area contributed by atoms with Crippen molar-refractivity contribution in [3.63, 3.8) is 0 Å². The summed E-state index contributed by atoms with van der Waals surface area (Å²) in [6, 6.07) is 16.0. The van der Waals surface area contributed by atoms with E-state index in [0.29, 0.717) is 0 Å². The summed E-state index contributed by atoms with van der Waals surface area (Å²) < 4.78 is 10.7. The number of hydrogen-bond acceptors (Lipinski definition) is 6. The van der Waals surface area contributed by atoms with Crippen LogP contribution >= 0.6 is 22.9 Å². The van der Waals surface area contributed by atoms with Crippen LogP contribution in [0.15, 0.2) is 48.5 Å². The van der Waals surface area contributed by atoms with Crippen LogP contribution in [0.2, 0.25) is 5.02 Å². The molecule has 4 rings (SSSR count). The smallest absolute Gasteiger partial charge is 0.183 e. The lowest BCUT2D eigenvalue weighted by atomic mass is 10.1. The zero-order chi connectivity index (χ0) is 20.8. The third-order valence-electron chi connectivity index (χ3n) is 5.13. The molecule has 0 atom stereocenters. The zero-order valence-corrected chi connectivity index (χ0v) is 18.6. The van der Waals surface area contributed by atoms with Gasteiger partial charge in [-0.3, -0.25) is 4.90 Å². The Morgan fingerprint density at radius 3 is 2.47 bits per heavy atom. The molecule has 1 aliphatic rings. The monoisotopic (exact) mass is 443 g/mol. The maximum atomic E-state index is 6.09. The van der Waals surface area contributed by atoms with Gasteiger partial charge in [-0.2, -0.15) is 0 Å². The third-order valence-corrected chi connectivity index (χ3v) is 6.44. The minimum absolute atomic E-state index is 0.732. The fraction of sp³-hybridized carbons (Fsp3) is 0.348. The Morgan fingerprint density at radius 2 is 1.77 bits per heavy atom. The fourth-order valence-electron chi connectivity index (χ4n) is 3.46. The molecule has 0 saturated carbocycles. The summed E-state index contributed by atoms with van der Waals surface area (Å²) in [4.78, 5) is 8.50. The van der Waals surface area contributed by atoms with Crippen molar-refractivity contribution < 1.29 is 9.47 Å². The van der Waals surface area contributed by atoms with Crippen LogP contribution in [0.5, 0.6) is 5.75 Å². The molecule has 0 radical (unpaired) electrons. The molecule has 0 bridgehead atoms. The molecule has 2 heterocycles. The minimum atomic E-state index is 0.732. The van der Waals surface area contributed by atoms with E-state index in [9.17, 15) is 0 Å². The molecule has 1 saturated heterocycles. The van der Waals surface area contributed by atoms with E-state index in [4.69, 9.17) is 26.1 Å². The Kier molecular flexibility index (Phi) is 7.23. The number of nitrogens with one attached hydrogen (secondary N) is 1. The quantitative estimate of drug-likeness (QED) is 0.480. The fourth-order valence-corrected chi connectivity index (χ4v) is 4.60. The lowest BCUT2D eigenvalue weighted by Crippen LogP contribution is -2.37. The van der Waals surface area contributed by atoms with Crippen molar-refractivity contribution in [3.8, 4) is 27.4 Å². The highest BCUT2D eigenvalue weighted by Gasteiger charge is 2.16. The average molecular weight is 444 g/mol. The van der Waals surface area contributed by atoms with E-state index in [1.165, 1.54) is 0 Å². The van der Waals surface area contributed by atoms with Gasteiger partial charge in [-0.05, 0) is 54.9 Å². The van der Waals surface area contributed by atoms with Gasteiger partial charge in [0.25, 0.3) is 0 Å². The van der Waals surface area contributed by atoms with Gasteiger partial charge in [0.15, 0.2) is 5.13 Å². The molecule has 5 nitrogen and oxygen atoms in total. The number of halogens is 1. The van der Waals surface area contributed by atoms with E-state index in [1.54, 1.807) is 18.4 Å². The number of nitrogens with zero attached hydrogens (tertiary/aromatic N) is 2. The number of morpholine rings is 1. The maximum absolute atomic E-state index is 6.09. The summed E-state index contributed by atoms with van der Waals surface area (Å²) in [5.41, 5.74) is 3.16. The molecule has 0 unspecified atom stereocenters. The maximum Gasteiger partial charge on any atom is 0.183 e. The molecule has 3 aromatic rings. The van der Waals surface area contributed by atoms with Crippen molar-refractivity contribution in [2.75, 3.05) is 51.8 Å². The van der Waals surface area contributed by atoms with Crippen LogP contribution in [-0.4, -0.2) is 56.4 Å². The molecular weight excluding hydrogens is 418 g/mol. The van der Waals surface area contributed by atoms with Gasteiger partial charge in [0.1, 0.15) is 5.75 Å². The van der Waals surface area contributed by atoms with Crippen molar-refractivity contribution in [1.29, 1.82) is 0 Å². The van der Waals surface area contributed by atoms with Gasteiger partial charge in [0.2, 0.25) is 0 Å². The van der Waals surface area contributed by atoms with Crippen LogP contribution < -0.4 is 10.1 Å². The Labute approximate surface area is 186 Å². The van der Waals surface area contributed by atoms with Gasteiger partial charge >= 0.3 is 0 Å². The lowest BCUT2D eigenvalue weighted by Gasteiger charge is -2.26. The van der Waals surface area contributed by atoms with Crippen molar-refractivity contribution in [1.82, 2.24) is 9.88 Å². The molecule has 0 amide bonds. The number of benzene rings is 2. The Bertz CT molecular complexity index is 938. The number of ether oxygens (including phenoxy) is 2. The third kappa shape index (κ3) is 5.32. The van der Waals surface area contributed by atoms with E-state index >= 15 is 0 Å². The zero-order valence-electron chi connectivity index (χ0n) is 17.1. The molecule has 1 aromatic heterocycles. The first-order chi connectivity index (χ1) is 14.7. The lowest BCUT2D eigenvalue weighted by molar-refractivity contribution is 0.0378. The molecule has 158 valence electrons. The second-order valence-electron chi connectivity index (χ2n) is 7.17. The van der Waals surface area contributed by atoms with Crippen molar-refractivity contribution in [3.05, 3.63) is 53.6 Å². The van der Waals surface area contributed by atoms with E-state index < -0.39 is 0 Å². The minimum Gasteiger partial charge on any atom is -0.497 e. The van der Waals surface area contributed by atoms with Crippen LogP contribution in [0.3, 0.4) is 0 Å². The first-order valence-electron chi connectivity index (χ1n) is 10.2. The van der Waals surface area contributed by atoms with Gasteiger partial charge in [-0.1, -0.05) is 35.1 Å². The molecular formula is C23H26ClN3O2S. The van der Waals surface area contributed by atoms with E-state index in [-0.39, 0.29) is 0 Å². The first kappa shape index (κ1) is 21.1. The second kappa shape index (κ2) is 10.3. The standard InChI is InChI=1S/C23H26ClN3O2S/c1-28-20-9-5-17(6-10-20)21-22(18-3-7-19(24)8-4-18)30-23(26-21)25-11-2-12-27-13-15-29-16-14-27/h3-10H,2,11-16H2,1H3,(H,25,26). The highest BCUT2D eigenvalue weighted by Crippen LogP contribution is 2.39. The molecule has 0 aliphatic carbocycles. The van der Waals surface area contributed by atoms with Gasteiger partial charge in [0.05, 0.1) is 30.9 Å². The van der Waals surface area contributed by atoms with Crippen LogP contribution in [0.1, 0.15) is 6.42 Å². The summed E-state index contributed by atoms with van der Waals surface area (Å²) in [6.07, 6.45) is 1.08. The van der Waals surface area contributed by atoms with Gasteiger partial charge in [-0.15, -0.1) is 0 Å². The van der Waals surface area contributed by atoms with Crippen LogP contribution in [0.25, 0.3) is 21.7 Å². The predicted molar refractivity (Wildman–Crippen MR) is 125 cm³/mol. The number of thiazole rings is 1. The summed E-state index contributed by atoms with van der Waals surface area (Å²) in [5.74, 6) is 0.837. The van der Waals surface area contributed by atoms with Crippen LogP contribution in [0, 0.1) is 0 Å². The van der Waals surface area contributed by atoms with Crippen LogP contribution in [-0.2, 0) is 4.74 Å². The topological polar surface area (TPSA) is 46.6 Å². The number of hydrogen-bond donors (Lipinski definition) is 1. The molecule has 0 spiro atoms. The number of aromatic nitrogens is 1. The Morgan fingerprint density at radius 1 is 1.07 bits per heavy atom. The normalized spacial score (nSPS) is 14.6. The number of anilines is 1. The molecule has 2 aromatic carbocycles. The molecule has 1 N–H and O–H groups in total. The predicted octanol–water partition coefficient (Wildman–Crippen LogP) is 5.27. The summed E-state index contributed by atoms with van der Waals surface area (Å²) >= 11 is 7.77. The highest BCUT2D eigenvalue weighted by molar-refractivity contribution is 7.19. The van der Waals surface area contributed by atoms with Gasteiger partial charge in [0, 0.05) is 30.2 Å². The van der Waals surface area contributed by atoms with E-state index in [2.05, 4.69) is 22.3 Å². The number of rotatable bonds is 8. The van der Waals surface area contributed by atoms with Crippen LogP contribution in [0.4, 0.5) is 5.13 Å². The van der Waals surface area contributed by atoms with Gasteiger partial charge in [-0.25, -0.2) is 4.98 Å². The Balaban J connectivity index is 1.50. The van der Waals surface area contributed by atoms with Crippen molar-refractivity contribution in [2.45, 2.75) is 6.42 Å². The summed E-state index contributed by atoms with van der Waals surface area (Å²) in [6.45, 7) is 5.72. The highest BCUT2D eigenvalue weighted by atomic mass is 35.5. The number of methoxy groups -OCH3 is 1. The summed E-state index contributed by atoms with van der Waals surface area (Å²) in [7, 11) is 1.68. The Hall–Kier alpha value is -2.12. The average Bonchev–Trinajstić information content (AvgIpc) is 3.22. The van der Waals surface area contributed by atoms with Crippen molar-refractivity contribution >= 4 is 28.1 Å². The van der Waals surface area contributed by atoms with Crippen molar-refractivity contribution in [2.24, 2.45) is 0 Å². The first-order valence-corrected chi connectivity index (χ1v) is 11.4. The molecule has 30 heavy (non-hydrogen) atoms. The van der Waals surface area contributed by atoms with Gasteiger partial charge < -0.3 is 14.8 Å². The van der Waals surface area contributed by atoms with E-state index in [0.717, 1.165) is 83.4 Å². The molecule has 1 aliphatic heterocycles. The SMILES string of the molecule is COc1ccc(-c2nc(NCCCN3CCOCC3)sc2-c2ccc(Cl)cc2)cc1. The molecule has 1 fully saturated rings. The second-order valence-corrected chi connectivity index (χ2v) is 8.60. The van der Waals surface area contributed by atoms with E-state index in [1.807, 2.05) is 36.4 Å². The largest absolute Gasteiger partial charge is 0.497 e. The summed E-state index contributed by atoms with van der Waals surface area (Å²) in [5, 5.41) is 5.19.